The first-order valence-corrected chi connectivity index (χ1v) is 6.37. The molecular weight excluding hydrogens is 277 g/mol. The van der Waals surface area contributed by atoms with Crippen molar-refractivity contribution in [3.8, 4) is 5.75 Å². The highest BCUT2D eigenvalue weighted by Crippen LogP contribution is 2.12. The van der Waals surface area contributed by atoms with Gasteiger partial charge in [-0.15, -0.1) is 0 Å². The minimum absolute atomic E-state index is 0.0119. The van der Waals surface area contributed by atoms with Crippen molar-refractivity contribution in [2.75, 3.05) is 20.2 Å². The van der Waals surface area contributed by atoms with E-state index in [0.29, 0.717) is 5.75 Å². The molecule has 0 bridgehead atoms. The maximum atomic E-state index is 12.9. The zero-order valence-electron chi connectivity index (χ0n) is 12.2. The Labute approximate surface area is 122 Å². The predicted molar refractivity (Wildman–Crippen MR) is 75.5 cm³/mol. The van der Waals surface area contributed by atoms with Crippen molar-refractivity contribution in [3.05, 3.63) is 41.2 Å². The number of hydrogen-bond donors (Lipinski definition) is 1. The van der Waals surface area contributed by atoms with E-state index in [1.807, 2.05) is 0 Å². The number of hydrogen-bond acceptors (Lipinski definition) is 3. The van der Waals surface area contributed by atoms with Crippen LogP contribution in [0.2, 0.25) is 0 Å². The van der Waals surface area contributed by atoms with Crippen LogP contribution in [0.5, 0.6) is 5.75 Å². The van der Waals surface area contributed by atoms with Crippen molar-refractivity contribution in [1.82, 2.24) is 4.90 Å². The van der Waals surface area contributed by atoms with E-state index >= 15 is 0 Å². The molecule has 1 aromatic rings. The summed E-state index contributed by atoms with van der Waals surface area (Å²) in [6, 6.07) is 5.71. The van der Waals surface area contributed by atoms with Gasteiger partial charge in [0.1, 0.15) is 18.2 Å². The van der Waals surface area contributed by atoms with E-state index in [1.54, 1.807) is 13.1 Å². The highest BCUT2D eigenvalue weighted by Gasteiger charge is 2.16. The molecule has 0 unspecified atom stereocenters. The van der Waals surface area contributed by atoms with Crippen LogP contribution in [0.25, 0.3) is 0 Å². The van der Waals surface area contributed by atoms with Crippen LogP contribution in [0, 0.1) is 5.82 Å². The van der Waals surface area contributed by atoms with Crippen LogP contribution in [0.15, 0.2) is 35.4 Å². The summed E-state index contributed by atoms with van der Waals surface area (Å²) in [6.45, 7) is 3.30. The monoisotopic (exact) mass is 295 g/mol. The molecule has 0 saturated heterocycles. The number of halogens is 1. The van der Waals surface area contributed by atoms with Crippen LogP contribution >= 0.6 is 0 Å². The molecule has 0 aliphatic rings. The summed E-state index contributed by atoms with van der Waals surface area (Å²) in [5, 5.41) is 8.85. The smallest absolute Gasteiger partial charge is 0.331 e. The lowest BCUT2D eigenvalue weighted by Crippen LogP contribution is -2.32. The summed E-state index contributed by atoms with van der Waals surface area (Å²) in [5.74, 6) is -1.51. The summed E-state index contributed by atoms with van der Waals surface area (Å²) in [7, 11) is 1.55. The van der Waals surface area contributed by atoms with Gasteiger partial charge in [-0.2, -0.15) is 0 Å². The summed E-state index contributed by atoms with van der Waals surface area (Å²) in [6.07, 6.45) is 0. The lowest BCUT2D eigenvalue weighted by Gasteiger charge is -2.18. The molecule has 0 aromatic heterocycles. The number of likely N-dealkylation sites (N-methyl/N-ethyl adjacent to an activating group) is 1. The van der Waals surface area contributed by atoms with Crippen LogP contribution < -0.4 is 4.74 Å². The van der Waals surface area contributed by atoms with Gasteiger partial charge in [-0.25, -0.2) is 9.18 Å². The van der Waals surface area contributed by atoms with Gasteiger partial charge in [0.05, 0.1) is 6.54 Å². The van der Waals surface area contributed by atoms with Crippen molar-refractivity contribution < 1.29 is 23.8 Å². The Morgan fingerprint density at radius 3 is 2.52 bits per heavy atom. The molecule has 1 rings (SSSR count). The standard InChI is InChI=1S/C15H18FNO4/c1-10(11(2)15(19)20)14(18)17(3)7-8-21-13-6-4-5-12(16)9-13/h4-6,9H,7-8H2,1-3H3,(H,19,20). The summed E-state index contributed by atoms with van der Waals surface area (Å²) < 4.78 is 18.3. The van der Waals surface area contributed by atoms with E-state index in [1.165, 1.54) is 36.9 Å². The zero-order valence-corrected chi connectivity index (χ0v) is 12.2. The fourth-order valence-electron chi connectivity index (χ4n) is 1.57. The largest absolute Gasteiger partial charge is 0.492 e. The molecule has 0 saturated carbocycles. The minimum atomic E-state index is -1.12. The highest BCUT2D eigenvalue weighted by atomic mass is 19.1. The van der Waals surface area contributed by atoms with Gasteiger partial charge in [0.15, 0.2) is 0 Å². The van der Waals surface area contributed by atoms with E-state index in [4.69, 9.17) is 9.84 Å². The van der Waals surface area contributed by atoms with Crippen molar-refractivity contribution in [2.45, 2.75) is 13.8 Å². The molecule has 0 atom stereocenters. The van der Waals surface area contributed by atoms with Gasteiger partial charge in [0.2, 0.25) is 5.91 Å². The normalized spacial score (nSPS) is 11.6. The third-order valence-electron chi connectivity index (χ3n) is 3.04. The van der Waals surface area contributed by atoms with Gasteiger partial charge in [-0.1, -0.05) is 6.07 Å². The molecule has 1 N–H and O–H groups in total. The Morgan fingerprint density at radius 2 is 1.95 bits per heavy atom. The summed E-state index contributed by atoms with van der Waals surface area (Å²) >= 11 is 0. The maximum Gasteiger partial charge on any atom is 0.331 e. The van der Waals surface area contributed by atoms with Gasteiger partial charge in [-0.05, 0) is 26.0 Å². The second kappa shape index (κ2) is 7.42. The Balaban J connectivity index is 2.54. The zero-order chi connectivity index (χ0) is 16.0. The number of ether oxygens (including phenoxy) is 1. The number of carboxylic acids is 1. The topological polar surface area (TPSA) is 66.8 Å². The van der Waals surface area contributed by atoms with Gasteiger partial charge in [-0.3, -0.25) is 4.79 Å². The van der Waals surface area contributed by atoms with Gasteiger partial charge >= 0.3 is 5.97 Å². The highest BCUT2D eigenvalue weighted by molar-refractivity contribution is 6.01. The van der Waals surface area contributed by atoms with Crippen molar-refractivity contribution in [1.29, 1.82) is 0 Å². The number of carbonyl (C=O) groups is 2. The first-order chi connectivity index (χ1) is 9.82. The second-order valence-electron chi connectivity index (χ2n) is 4.59. The number of carboxylic acid groups (broad SMARTS) is 1. The molecule has 0 aliphatic carbocycles. The molecule has 114 valence electrons. The van der Waals surface area contributed by atoms with Crippen LogP contribution in [0.3, 0.4) is 0 Å². The first-order valence-electron chi connectivity index (χ1n) is 6.37. The van der Waals surface area contributed by atoms with Gasteiger partial charge in [0.25, 0.3) is 0 Å². The summed E-state index contributed by atoms with van der Waals surface area (Å²) in [5.41, 5.74) is 0.189. The van der Waals surface area contributed by atoms with Crippen LogP contribution in [-0.2, 0) is 9.59 Å². The van der Waals surface area contributed by atoms with E-state index in [2.05, 4.69) is 0 Å². The average molecular weight is 295 g/mol. The quantitative estimate of drug-likeness (QED) is 0.816. The van der Waals surface area contributed by atoms with E-state index < -0.39 is 11.8 Å². The van der Waals surface area contributed by atoms with Crippen molar-refractivity contribution in [2.24, 2.45) is 0 Å². The molecule has 1 amide bonds. The Bertz CT molecular complexity index is 569. The molecule has 0 fully saturated rings. The molecule has 6 heteroatoms. The third kappa shape index (κ3) is 4.91. The number of benzene rings is 1. The molecule has 5 nitrogen and oxygen atoms in total. The molecule has 1 aromatic carbocycles. The maximum absolute atomic E-state index is 12.9. The lowest BCUT2D eigenvalue weighted by molar-refractivity contribution is -0.133. The molecule has 0 spiro atoms. The number of aliphatic carboxylic acids is 1. The van der Waals surface area contributed by atoms with E-state index in [9.17, 15) is 14.0 Å². The average Bonchev–Trinajstić information content (AvgIpc) is 2.44. The summed E-state index contributed by atoms with van der Waals surface area (Å²) in [4.78, 5) is 24.1. The van der Waals surface area contributed by atoms with Crippen molar-refractivity contribution in [3.63, 3.8) is 0 Å². The second-order valence-corrected chi connectivity index (χ2v) is 4.59. The van der Waals surface area contributed by atoms with Crippen LogP contribution in [0.1, 0.15) is 13.8 Å². The molecule has 0 radical (unpaired) electrons. The minimum Gasteiger partial charge on any atom is -0.492 e. The van der Waals surface area contributed by atoms with E-state index in [0.717, 1.165) is 0 Å². The third-order valence-corrected chi connectivity index (χ3v) is 3.04. The molecule has 0 aliphatic heterocycles. The number of nitrogens with zero attached hydrogens (tertiary/aromatic N) is 1. The Morgan fingerprint density at radius 1 is 1.29 bits per heavy atom. The van der Waals surface area contributed by atoms with Crippen LogP contribution in [-0.4, -0.2) is 42.1 Å². The molecule has 21 heavy (non-hydrogen) atoms. The van der Waals surface area contributed by atoms with E-state index in [-0.39, 0.29) is 30.2 Å². The SMILES string of the molecule is CC(C(=O)O)=C(C)C(=O)N(C)CCOc1cccc(F)c1. The van der Waals surface area contributed by atoms with Gasteiger partial charge in [0, 0.05) is 24.3 Å². The number of carbonyl (C=O) groups excluding carboxylic acids is 1. The number of rotatable bonds is 6. The van der Waals surface area contributed by atoms with Gasteiger partial charge < -0.3 is 14.7 Å². The lowest BCUT2D eigenvalue weighted by atomic mass is 10.1. The predicted octanol–water partition coefficient (Wildman–Crippen LogP) is 2.08. The fourth-order valence-corrected chi connectivity index (χ4v) is 1.57. The molecule has 0 heterocycles. The Kier molecular flexibility index (Phi) is 5.90. The first kappa shape index (κ1) is 16.7. The Hall–Kier alpha value is -2.37. The molecular formula is C15H18FNO4. The number of amides is 1. The fraction of sp³-hybridized carbons (Fsp3) is 0.333. The van der Waals surface area contributed by atoms with Crippen molar-refractivity contribution >= 4 is 11.9 Å². The van der Waals surface area contributed by atoms with Crippen LogP contribution in [0.4, 0.5) is 4.39 Å².